The molecule has 28 heavy (non-hydrogen) atoms. The van der Waals surface area contributed by atoms with Crippen molar-refractivity contribution < 1.29 is 19.5 Å². The zero-order chi connectivity index (χ0) is 20.7. The molecule has 6 heteroatoms. The Hall–Kier alpha value is -3.15. The molecule has 0 unspecified atom stereocenters. The SMILES string of the molecule is CC(=O)N[C@@H](Cc1ccccc1)C(=O)N[C@@H](Cc1ccc(C)c(C)c1)C(=O)O. The van der Waals surface area contributed by atoms with Gasteiger partial charge in [-0.2, -0.15) is 0 Å². The zero-order valence-electron chi connectivity index (χ0n) is 16.4. The standard InChI is InChI=1S/C22H26N2O4/c1-14-9-10-18(11-15(14)2)13-20(22(27)28)24-21(26)19(23-16(3)25)12-17-7-5-4-6-8-17/h4-11,19-20H,12-13H2,1-3H3,(H,23,25)(H,24,26)(H,27,28)/t19-,20-/m0/s1. The maximum Gasteiger partial charge on any atom is 0.326 e. The van der Waals surface area contributed by atoms with Crippen molar-refractivity contribution in [3.05, 3.63) is 70.8 Å². The lowest BCUT2D eigenvalue weighted by Crippen LogP contribution is -2.52. The third-order valence-electron chi connectivity index (χ3n) is 4.60. The Labute approximate surface area is 165 Å². The van der Waals surface area contributed by atoms with Crippen LogP contribution in [0.2, 0.25) is 0 Å². The first-order chi connectivity index (χ1) is 13.3. The van der Waals surface area contributed by atoms with Crippen molar-refractivity contribution >= 4 is 17.8 Å². The Balaban J connectivity index is 2.13. The van der Waals surface area contributed by atoms with Gasteiger partial charge in [-0.15, -0.1) is 0 Å². The van der Waals surface area contributed by atoms with Crippen molar-refractivity contribution in [3.63, 3.8) is 0 Å². The van der Waals surface area contributed by atoms with Crippen LogP contribution in [0.15, 0.2) is 48.5 Å². The fraction of sp³-hybridized carbons (Fsp3) is 0.318. The van der Waals surface area contributed by atoms with Gasteiger partial charge in [0.2, 0.25) is 11.8 Å². The van der Waals surface area contributed by atoms with Crippen LogP contribution < -0.4 is 10.6 Å². The molecule has 0 aliphatic rings. The second-order valence-corrected chi connectivity index (χ2v) is 6.96. The van der Waals surface area contributed by atoms with Crippen molar-refractivity contribution in [2.24, 2.45) is 0 Å². The first kappa shape index (κ1) is 21.2. The van der Waals surface area contributed by atoms with Gasteiger partial charge in [0.1, 0.15) is 12.1 Å². The van der Waals surface area contributed by atoms with Crippen LogP contribution >= 0.6 is 0 Å². The monoisotopic (exact) mass is 382 g/mol. The minimum atomic E-state index is -1.12. The van der Waals surface area contributed by atoms with Gasteiger partial charge in [-0.25, -0.2) is 4.79 Å². The third-order valence-corrected chi connectivity index (χ3v) is 4.60. The second-order valence-electron chi connectivity index (χ2n) is 6.96. The average Bonchev–Trinajstić information content (AvgIpc) is 2.64. The van der Waals surface area contributed by atoms with Gasteiger partial charge in [-0.05, 0) is 36.1 Å². The van der Waals surface area contributed by atoms with E-state index in [1.165, 1.54) is 6.92 Å². The van der Waals surface area contributed by atoms with E-state index in [0.717, 1.165) is 22.3 Å². The van der Waals surface area contributed by atoms with Gasteiger partial charge in [0, 0.05) is 19.8 Å². The number of benzene rings is 2. The smallest absolute Gasteiger partial charge is 0.326 e. The van der Waals surface area contributed by atoms with E-state index in [0.29, 0.717) is 0 Å². The van der Waals surface area contributed by atoms with Crippen LogP contribution in [-0.4, -0.2) is 35.0 Å². The molecule has 3 N–H and O–H groups in total. The van der Waals surface area contributed by atoms with Gasteiger partial charge < -0.3 is 15.7 Å². The molecule has 0 saturated carbocycles. The maximum atomic E-state index is 12.7. The van der Waals surface area contributed by atoms with Gasteiger partial charge in [0.15, 0.2) is 0 Å². The minimum absolute atomic E-state index is 0.167. The highest BCUT2D eigenvalue weighted by Crippen LogP contribution is 2.12. The van der Waals surface area contributed by atoms with Gasteiger partial charge in [-0.3, -0.25) is 9.59 Å². The second kappa shape index (κ2) is 9.69. The fourth-order valence-electron chi connectivity index (χ4n) is 2.94. The summed E-state index contributed by atoms with van der Waals surface area (Å²) in [5, 5.41) is 14.7. The number of nitrogens with one attached hydrogen (secondary N) is 2. The molecule has 0 radical (unpaired) electrons. The molecule has 2 aromatic rings. The predicted molar refractivity (Wildman–Crippen MR) is 107 cm³/mol. The topological polar surface area (TPSA) is 95.5 Å². The average molecular weight is 382 g/mol. The molecule has 0 bridgehead atoms. The summed E-state index contributed by atoms with van der Waals surface area (Å²) in [6, 6.07) is 13.0. The summed E-state index contributed by atoms with van der Waals surface area (Å²) in [5.41, 5.74) is 3.88. The normalized spacial score (nSPS) is 12.7. The molecule has 0 aromatic heterocycles. The number of carbonyl (C=O) groups excluding carboxylic acids is 2. The first-order valence-corrected chi connectivity index (χ1v) is 9.16. The van der Waals surface area contributed by atoms with Gasteiger partial charge in [0.05, 0.1) is 0 Å². The number of hydrogen-bond donors (Lipinski definition) is 3. The first-order valence-electron chi connectivity index (χ1n) is 9.16. The summed E-state index contributed by atoms with van der Waals surface area (Å²) in [5.74, 6) is -1.99. The van der Waals surface area contributed by atoms with E-state index in [4.69, 9.17) is 0 Å². The predicted octanol–water partition coefficient (Wildman–Crippen LogP) is 2.16. The fourth-order valence-corrected chi connectivity index (χ4v) is 2.94. The van der Waals surface area contributed by atoms with Gasteiger partial charge >= 0.3 is 5.97 Å². The molecule has 0 saturated heterocycles. The van der Waals surface area contributed by atoms with E-state index in [9.17, 15) is 19.5 Å². The molecular weight excluding hydrogens is 356 g/mol. The van der Waals surface area contributed by atoms with Crippen LogP contribution in [0.25, 0.3) is 0 Å². The summed E-state index contributed by atoms with van der Waals surface area (Å²) in [6.45, 7) is 5.27. The summed E-state index contributed by atoms with van der Waals surface area (Å²) in [7, 11) is 0. The lowest BCUT2D eigenvalue weighted by Gasteiger charge is -2.21. The van der Waals surface area contributed by atoms with E-state index < -0.39 is 24.0 Å². The Bertz CT molecular complexity index is 849. The van der Waals surface area contributed by atoms with Crippen molar-refractivity contribution in [1.82, 2.24) is 10.6 Å². The van der Waals surface area contributed by atoms with Crippen LogP contribution in [0.3, 0.4) is 0 Å². The quantitative estimate of drug-likeness (QED) is 0.652. The lowest BCUT2D eigenvalue weighted by atomic mass is 10.00. The largest absolute Gasteiger partial charge is 0.480 e. The number of carboxylic acids is 1. The molecule has 2 atom stereocenters. The van der Waals surface area contributed by atoms with E-state index >= 15 is 0 Å². The summed E-state index contributed by atoms with van der Waals surface area (Å²) < 4.78 is 0. The lowest BCUT2D eigenvalue weighted by molar-refractivity contribution is -0.142. The minimum Gasteiger partial charge on any atom is -0.480 e. The van der Waals surface area contributed by atoms with E-state index in [-0.39, 0.29) is 18.7 Å². The molecule has 0 aliphatic carbocycles. The van der Waals surface area contributed by atoms with Crippen molar-refractivity contribution in [2.45, 2.75) is 45.7 Å². The number of amides is 2. The molecular formula is C22H26N2O4. The molecule has 2 aromatic carbocycles. The Kier molecular flexibility index (Phi) is 7.32. The van der Waals surface area contributed by atoms with Crippen molar-refractivity contribution in [1.29, 1.82) is 0 Å². The number of aliphatic carboxylic acids is 1. The zero-order valence-corrected chi connectivity index (χ0v) is 16.4. The summed E-state index contributed by atoms with van der Waals surface area (Å²) in [4.78, 5) is 35.9. The number of carboxylic acid groups (broad SMARTS) is 1. The number of hydrogen-bond acceptors (Lipinski definition) is 3. The Morgan fingerprint density at radius 1 is 0.857 bits per heavy atom. The molecule has 2 amide bonds. The highest BCUT2D eigenvalue weighted by atomic mass is 16.4. The molecule has 0 heterocycles. The number of carbonyl (C=O) groups is 3. The highest BCUT2D eigenvalue weighted by molar-refractivity contribution is 5.90. The van der Waals surface area contributed by atoms with Crippen LogP contribution in [0.4, 0.5) is 0 Å². The molecule has 0 aliphatic heterocycles. The van der Waals surface area contributed by atoms with Crippen molar-refractivity contribution in [2.75, 3.05) is 0 Å². The van der Waals surface area contributed by atoms with E-state index in [1.807, 2.05) is 62.4 Å². The van der Waals surface area contributed by atoms with Gasteiger partial charge in [0.25, 0.3) is 0 Å². The molecule has 0 fully saturated rings. The van der Waals surface area contributed by atoms with E-state index in [2.05, 4.69) is 10.6 Å². The highest BCUT2D eigenvalue weighted by Gasteiger charge is 2.26. The Morgan fingerprint density at radius 2 is 1.50 bits per heavy atom. The van der Waals surface area contributed by atoms with Crippen LogP contribution in [-0.2, 0) is 27.2 Å². The van der Waals surface area contributed by atoms with E-state index in [1.54, 1.807) is 0 Å². The van der Waals surface area contributed by atoms with Crippen LogP contribution in [0.1, 0.15) is 29.2 Å². The molecule has 0 spiro atoms. The van der Waals surface area contributed by atoms with Crippen LogP contribution in [0, 0.1) is 13.8 Å². The van der Waals surface area contributed by atoms with Gasteiger partial charge in [-0.1, -0.05) is 48.5 Å². The summed E-state index contributed by atoms with van der Waals surface area (Å²) >= 11 is 0. The molecule has 2 rings (SSSR count). The summed E-state index contributed by atoms with van der Waals surface area (Å²) in [6.07, 6.45) is 0.447. The number of rotatable bonds is 8. The molecule has 6 nitrogen and oxygen atoms in total. The number of aryl methyl sites for hydroxylation is 2. The maximum absolute atomic E-state index is 12.7. The Morgan fingerprint density at radius 3 is 2.07 bits per heavy atom. The van der Waals surface area contributed by atoms with Crippen LogP contribution in [0.5, 0.6) is 0 Å². The molecule has 148 valence electrons. The third kappa shape index (κ3) is 6.23. The van der Waals surface area contributed by atoms with Crippen molar-refractivity contribution in [3.8, 4) is 0 Å².